The zero-order chi connectivity index (χ0) is 10.8. The summed E-state index contributed by atoms with van der Waals surface area (Å²) in [6.07, 6.45) is 3.15. The molecule has 1 saturated carbocycles. The molecule has 1 fully saturated rings. The Morgan fingerprint density at radius 3 is 2.73 bits per heavy atom. The summed E-state index contributed by atoms with van der Waals surface area (Å²) in [6, 6.07) is 0. The minimum Gasteiger partial charge on any atom is -0.481 e. The monoisotopic (exact) mass is 208 g/mol. The fourth-order valence-electron chi connectivity index (χ4n) is 1.27. The third-order valence-electron chi connectivity index (χ3n) is 2.16. The second kappa shape index (κ2) is 3.60. The molecule has 15 heavy (non-hydrogen) atoms. The third kappa shape index (κ3) is 2.06. The van der Waals surface area contributed by atoms with Crippen molar-refractivity contribution >= 4 is 17.8 Å². The van der Waals surface area contributed by atoms with Crippen molar-refractivity contribution in [2.45, 2.75) is 6.42 Å². The van der Waals surface area contributed by atoms with Gasteiger partial charge in [-0.15, -0.1) is 5.10 Å². The van der Waals surface area contributed by atoms with E-state index in [0.29, 0.717) is 6.42 Å². The Hall–Kier alpha value is -2.05. The third-order valence-corrected chi connectivity index (χ3v) is 2.16. The van der Waals surface area contributed by atoms with Crippen molar-refractivity contribution in [2.75, 3.05) is 5.32 Å². The van der Waals surface area contributed by atoms with E-state index >= 15 is 0 Å². The Labute approximate surface area is 84.5 Å². The smallest absolute Gasteiger partial charge is 0.307 e. The number of rotatable bonds is 3. The standard InChI is InChI=1S/C8H8N4O3/c13-6(4-3-5(4)7(14)15)11-8-9-1-2-10-12-8/h1-2,4-5H,3H2,(H,14,15)(H,9,11,12,13). The van der Waals surface area contributed by atoms with Gasteiger partial charge < -0.3 is 5.11 Å². The first kappa shape index (κ1) is 9.50. The highest BCUT2D eigenvalue weighted by atomic mass is 16.4. The molecule has 0 aromatic carbocycles. The van der Waals surface area contributed by atoms with Crippen LogP contribution in [0.15, 0.2) is 12.4 Å². The molecule has 7 nitrogen and oxygen atoms in total. The van der Waals surface area contributed by atoms with Crippen LogP contribution in [0, 0.1) is 11.8 Å². The van der Waals surface area contributed by atoms with Crippen molar-refractivity contribution in [3.63, 3.8) is 0 Å². The number of nitrogens with one attached hydrogen (secondary N) is 1. The van der Waals surface area contributed by atoms with Crippen molar-refractivity contribution < 1.29 is 14.7 Å². The molecule has 2 rings (SSSR count). The highest BCUT2D eigenvalue weighted by Crippen LogP contribution is 2.39. The Bertz CT molecular complexity index is 394. The van der Waals surface area contributed by atoms with Gasteiger partial charge >= 0.3 is 5.97 Å². The maximum absolute atomic E-state index is 11.4. The Morgan fingerprint density at radius 2 is 2.20 bits per heavy atom. The maximum atomic E-state index is 11.4. The summed E-state index contributed by atoms with van der Waals surface area (Å²) in [5.41, 5.74) is 0. The second-order valence-corrected chi connectivity index (χ2v) is 3.24. The lowest BCUT2D eigenvalue weighted by Crippen LogP contribution is -2.18. The van der Waals surface area contributed by atoms with Crippen LogP contribution in [0.3, 0.4) is 0 Å². The molecule has 0 spiro atoms. The van der Waals surface area contributed by atoms with Crippen LogP contribution in [0.5, 0.6) is 0 Å². The average molecular weight is 208 g/mol. The molecule has 0 saturated heterocycles. The van der Waals surface area contributed by atoms with Gasteiger partial charge in [0.05, 0.1) is 24.2 Å². The van der Waals surface area contributed by atoms with Crippen LogP contribution in [0.1, 0.15) is 6.42 Å². The summed E-state index contributed by atoms with van der Waals surface area (Å²) in [5.74, 6) is -2.25. The van der Waals surface area contributed by atoms with Crippen LogP contribution in [-0.2, 0) is 9.59 Å². The first-order valence-electron chi connectivity index (χ1n) is 4.36. The van der Waals surface area contributed by atoms with Crippen LogP contribution < -0.4 is 5.32 Å². The number of carbonyl (C=O) groups excluding carboxylic acids is 1. The van der Waals surface area contributed by atoms with Crippen LogP contribution in [-0.4, -0.2) is 32.2 Å². The highest BCUT2D eigenvalue weighted by molar-refractivity contribution is 5.97. The number of aromatic nitrogens is 3. The second-order valence-electron chi connectivity index (χ2n) is 3.24. The van der Waals surface area contributed by atoms with E-state index < -0.39 is 17.8 Å². The van der Waals surface area contributed by atoms with Gasteiger partial charge in [0.1, 0.15) is 0 Å². The molecule has 78 valence electrons. The van der Waals surface area contributed by atoms with Crippen molar-refractivity contribution in [3.05, 3.63) is 12.4 Å². The molecule has 1 aromatic heterocycles. The number of amides is 1. The molecule has 0 radical (unpaired) electrons. The Morgan fingerprint density at radius 1 is 1.40 bits per heavy atom. The first-order chi connectivity index (χ1) is 7.18. The fourth-order valence-corrected chi connectivity index (χ4v) is 1.27. The number of anilines is 1. The van der Waals surface area contributed by atoms with E-state index in [1.807, 2.05) is 0 Å². The molecular weight excluding hydrogens is 200 g/mol. The van der Waals surface area contributed by atoms with Crippen LogP contribution >= 0.6 is 0 Å². The van der Waals surface area contributed by atoms with E-state index in [2.05, 4.69) is 20.5 Å². The van der Waals surface area contributed by atoms with E-state index in [4.69, 9.17) is 5.11 Å². The van der Waals surface area contributed by atoms with Crippen molar-refractivity contribution in [3.8, 4) is 0 Å². The molecule has 7 heteroatoms. The van der Waals surface area contributed by atoms with Gasteiger partial charge in [0.25, 0.3) is 0 Å². The van der Waals surface area contributed by atoms with E-state index in [9.17, 15) is 9.59 Å². The van der Waals surface area contributed by atoms with E-state index in [1.165, 1.54) is 12.4 Å². The van der Waals surface area contributed by atoms with Gasteiger partial charge in [-0.3, -0.25) is 14.9 Å². The molecule has 1 aliphatic rings. The maximum Gasteiger partial charge on any atom is 0.307 e. The van der Waals surface area contributed by atoms with Gasteiger partial charge in [0.15, 0.2) is 0 Å². The van der Waals surface area contributed by atoms with E-state index in [0.717, 1.165) is 0 Å². The van der Waals surface area contributed by atoms with Gasteiger partial charge in [0.2, 0.25) is 11.9 Å². The molecule has 2 unspecified atom stereocenters. The molecule has 1 aliphatic carbocycles. The van der Waals surface area contributed by atoms with Gasteiger partial charge in [0, 0.05) is 0 Å². The molecule has 2 N–H and O–H groups in total. The minimum absolute atomic E-state index is 0.0959. The summed E-state index contributed by atoms with van der Waals surface area (Å²) < 4.78 is 0. The van der Waals surface area contributed by atoms with E-state index in [-0.39, 0.29) is 11.9 Å². The lowest BCUT2D eigenvalue weighted by atomic mass is 10.3. The number of carbonyl (C=O) groups is 2. The predicted molar refractivity (Wildman–Crippen MR) is 47.7 cm³/mol. The van der Waals surface area contributed by atoms with Crippen LogP contribution in [0.25, 0.3) is 0 Å². The van der Waals surface area contributed by atoms with Crippen molar-refractivity contribution in [1.82, 2.24) is 15.2 Å². The lowest BCUT2D eigenvalue weighted by molar-refractivity contribution is -0.139. The summed E-state index contributed by atoms with van der Waals surface area (Å²) >= 11 is 0. The summed E-state index contributed by atoms with van der Waals surface area (Å²) in [5, 5.41) is 18.1. The molecular formula is C8H8N4O3. The van der Waals surface area contributed by atoms with Crippen molar-refractivity contribution in [2.24, 2.45) is 11.8 Å². The minimum atomic E-state index is -0.942. The molecule has 1 aromatic rings. The Balaban J connectivity index is 1.92. The largest absolute Gasteiger partial charge is 0.481 e. The fraction of sp³-hybridized carbons (Fsp3) is 0.375. The van der Waals surface area contributed by atoms with Crippen molar-refractivity contribution in [1.29, 1.82) is 0 Å². The highest BCUT2D eigenvalue weighted by Gasteiger charge is 2.48. The first-order valence-corrected chi connectivity index (χ1v) is 4.36. The molecule has 0 bridgehead atoms. The number of aliphatic carboxylic acids is 1. The average Bonchev–Trinajstić information content (AvgIpc) is 2.98. The molecule has 1 amide bonds. The SMILES string of the molecule is O=C(O)C1CC1C(=O)Nc1nccnn1. The number of nitrogens with zero attached hydrogens (tertiary/aromatic N) is 3. The number of carboxylic acids is 1. The number of hydrogen-bond acceptors (Lipinski definition) is 5. The summed E-state index contributed by atoms with van der Waals surface area (Å²) in [6.45, 7) is 0. The normalized spacial score (nSPS) is 23.2. The lowest BCUT2D eigenvalue weighted by Gasteiger charge is -1.99. The quantitative estimate of drug-likeness (QED) is 0.695. The van der Waals surface area contributed by atoms with Gasteiger partial charge in [-0.05, 0) is 6.42 Å². The molecule has 2 atom stereocenters. The summed E-state index contributed by atoms with van der Waals surface area (Å²) in [7, 11) is 0. The zero-order valence-electron chi connectivity index (χ0n) is 7.62. The van der Waals surface area contributed by atoms with E-state index in [1.54, 1.807) is 0 Å². The molecule has 0 aliphatic heterocycles. The predicted octanol–water partition coefficient (Wildman–Crippen LogP) is -0.469. The number of hydrogen-bond donors (Lipinski definition) is 2. The van der Waals surface area contributed by atoms with Crippen LogP contribution in [0.2, 0.25) is 0 Å². The van der Waals surface area contributed by atoms with Crippen LogP contribution in [0.4, 0.5) is 5.95 Å². The number of carboxylic acid groups (broad SMARTS) is 1. The molecule has 1 heterocycles. The topological polar surface area (TPSA) is 105 Å². The Kier molecular flexibility index (Phi) is 2.28. The summed E-state index contributed by atoms with van der Waals surface area (Å²) in [4.78, 5) is 25.7. The van der Waals surface area contributed by atoms with Gasteiger partial charge in [-0.25, -0.2) is 4.98 Å². The van der Waals surface area contributed by atoms with Gasteiger partial charge in [-0.2, -0.15) is 5.10 Å². The zero-order valence-corrected chi connectivity index (χ0v) is 7.62. The van der Waals surface area contributed by atoms with Gasteiger partial charge in [-0.1, -0.05) is 0 Å².